The topological polar surface area (TPSA) is 110 Å². The molecule has 2 heterocycles. The Morgan fingerprint density at radius 1 is 1.31 bits per heavy atom. The molecule has 5 aliphatic rings. The van der Waals surface area contributed by atoms with Crippen LogP contribution in [0.25, 0.3) is 0 Å². The van der Waals surface area contributed by atoms with Gasteiger partial charge < -0.3 is 14.6 Å². The van der Waals surface area contributed by atoms with Gasteiger partial charge in [0.25, 0.3) is 0 Å². The number of rotatable bonds is 3. The van der Waals surface area contributed by atoms with E-state index in [2.05, 4.69) is 18.8 Å². The minimum Gasteiger partial charge on any atom is -0.393 e. The molecule has 7 heteroatoms. The molecule has 1 N–H and O–H groups in total. The van der Waals surface area contributed by atoms with Gasteiger partial charge in [0, 0.05) is 34.7 Å². The second-order valence-corrected chi connectivity index (χ2v) is 11.3. The van der Waals surface area contributed by atoms with Crippen molar-refractivity contribution in [1.29, 1.82) is 5.26 Å². The third-order valence-electron chi connectivity index (χ3n) is 9.87. The molecule has 1 aliphatic heterocycles. The lowest BCUT2D eigenvalue weighted by molar-refractivity contribution is -0.199. The Balaban J connectivity index is 1.41. The number of ketones is 2. The lowest BCUT2D eigenvalue weighted by atomic mass is 9.46. The fourth-order valence-electron chi connectivity index (χ4n) is 8.44. The van der Waals surface area contributed by atoms with Crippen molar-refractivity contribution in [3.05, 3.63) is 53.9 Å². The van der Waals surface area contributed by atoms with Crippen LogP contribution in [-0.4, -0.2) is 39.5 Å². The molecule has 35 heavy (non-hydrogen) atoms. The first kappa shape index (κ1) is 22.8. The molecule has 0 bridgehead atoms. The van der Waals surface area contributed by atoms with E-state index in [0.29, 0.717) is 12.8 Å². The summed E-state index contributed by atoms with van der Waals surface area (Å²) in [6.07, 6.45) is 9.17. The van der Waals surface area contributed by atoms with Crippen LogP contribution >= 0.6 is 0 Å². The quantitative estimate of drug-likeness (QED) is 0.713. The number of nitrogens with zero attached hydrogens (tertiary/aromatic N) is 2. The van der Waals surface area contributed by atoms with Crippen molar-refractivity contribution in [3.8, 4) is 6.07 Å². The van der Waals surface area contributed by atoms with Gasteiger partial charge in [-0.15, -0.1) is 0 Å². The SMILES string of the molecule is C[C@]12C=CC(=O)C=C1CC[C@@H]1[C@@H]2[C@@H](O)C[C@@]2(C)[C@H]1C[C@H]1OC(c3ccncc3)O[C@]12C(=O)CC#N. The number of hydrogen-bond donors (Lipinski definition) is 1. The maximum atomic E-state index is 13.7. The zero-order chi connectivity index (χ0) is 24.6. The van der Waals surface area contributed by atoms with E-state index < -0.39 is 29.5 Å². The Kier molecular flexibility index (Phi) is 4.99. The highest BCUT2D eigenvalue weighted by Crippen LogP contribution is 2.70. The molecule has 0 amide bonds. The van der Waals surface area contributed by atoms with Gasteiger partial charge in [0.05, 0.1) is 24.7 Å². The van der Waals surface area contributed by atoms with Crippen LogP contribution in [0.15, 0.2) is 48.3 Å². The Morgan fingerprint density at radius 3 is 2.83 bits per heavy atom. The van der Waals surface area contributed by atoms with E-state index in [1.54, 1.807) is 24.5 Å². The zero-order valence-corrected chi connectivity index (χ0v) is 20.0. The van der Waals surface area contributed by atoms with E-state index in [1.165, 1.54) is 0 Å². The first-order valence-electron chi connectivity index (χ1n) is 12.5. The summed E-state index contributed by atoms with van der Waals surface area (Å²) in [5.74, 6) is -0.0728. The highest BCUT2D eigenvalue weighted by molar-refractivity contribution is 6.01. The molecule has 1 aromatic rings. The molecule has 1 aromatic heterocycles. The summed E-state index contributed by atoms with van der Waals surface area (Å²) in [4.78, 5) is 29.8. The zero-order valence-electron chi connectivity index (χ0n) is 20.0. The first-order chi connectivity index (χ1) is 16.7. The molecule has 4 fully saturated rings. The van der Waals surface area contributed by atoms with Crippen LogP contribution in [0, 0.1) is 39.9 Å². The molecule has 182 valence electrons. The third kappa shape index (κ3) is 2.91. The highest BCUT2D eigenvalue weighted by atomic mass is 16.7. The number of hydrogen-bond acceptors (Lipinski definition) is 7. The van der Waals surface area contributed by atoms with Gasteiger partial charge in [-0.25, -0.2) is 0 Å². The number of aromatic nitrogens is 1. The van der Waals surface area contributed by atoms with E-state index in [1.807, 2.05) is 24.3 Å². The smallest absolute Gasteiger partial charge is 0.185 e. The summed E-state index contributed by atoms with van der Waals surface area (Å²) in [7, 11) is 0. The van der Waals surface area contributed by atoms with Crippen molar-refractivity contribution in [2.24, 2.45) is 28.6 Å². The van der Waals surface area contributed by atoms with Crippen molar-refractivity contribution < 1.29 is 24.2 Å². The fourth-order valence-corrected chi connectivity index (χ4v) is 8.44. The predicted octanol–water partition coefficient (Wildman–Crippen LogP) is 3.61. The maximum absolute atomic E-state index is 13.7. The summed E-state index contributed by atoms with van der Waals surface area (Å²) in [5, 5.41) is 21.1. The summed E-state index contributed by atoms with van der Waals surface area (Å²) in [5.41, 5.74) is -0.486. The van der Waals surface area contributed by atoms with Crippen molar-refractivity contribution in [3.63, 3.8) is 0 Å². The lowest BCUT2D eigenvalue weighted by Crippen LogP contribution is -2.63. The van der Waals surface area contributed by atoms with Crippen molar-refractivity contribution >= 4 is 11.6 Å². The van der Waals surface area contributed by atoms with Gasteiger partial charge in [-0.05, 0) is 61.8 Å². The molecule has 1 unspecified atom stereocenters. The Bertz CT molecular complexity index is 1190. The average Bonchev–Trinajstić information content (AvgIpc) is 3.33. The van der Waals surface area contributed by atoms with Gasteiger partial charge in [0.2, 0.25) is 0 Å². The van der Waals surface area contributed by atoms with Crippen molar-refractivity contribution in [1.82, 2.24) is 4.98 Å². The first-order valence-corrected chi connectivity index (χ1v) is 12.5. The molecule has 6 rings (SSSR count). The number of pyridine rings is 1. The molecular formula is C28H30N2O5. The van der Waals surface area contributed by atoms with Crippen molar-refractivity contribution in [2.75, 3.05) is 0 Å². The van der Waals surface area contributed by atoms with E-state index in [9.17, 15) is 20.0 Å². The molecule has 0 radical (unpaired) electrons. The highest BCUT2D eigenvalue weighted by Gasteiger charge is 2.75. The van der Waals surface area contributed by atoms with E-state index >= 15 is 0 Å². The lowest BCUT2D eigenvalue weighted by Gasteiger charge is -2.59. The normalized spacial score (nSPS) is 45.5. The van der Waals surface area contributed by atoms with Crippen LogP contribution in [0.1, 0.15) is 57.8 Å². The summed E-state index contributed by atoms with van der Waals surface area (Å²) in [6.45, 7) is 4.18. The maximum Gasteiger partial charge on any atom is 0.185 e. The van der Waals surface area contributed by atoms with Crippen LogP contribution in [0.3, 0.4) is 0 Å². The summed E-state index contributed by atoms with van der Waals surface area (Å²) < 4.78 is 13.0. The number of allylic oxidation sites excluding steroid dienone is 4. The molecular weight excluding hydrogens is 444 g/mol. The number of aliphatic hydroxyl groups is 1. The van der Waals surface area contributed by atoms with Gasteiger partial charge in [-0.1, -0.05) is 25.5 Å². The minimum absolute atomic E-state index is 0.00599. The van der Waals surface area contributed by atoms with Crippen LogP contribution in [0.5, 0.6) is 0 Å². The molecule has 1 saturated heterocycles. The number of fused-ring (bicyclic) bond motifs is 7. The minimum atomic E-state index is -1.29. The Hall–Kier alpha value is -2.66. The molecule has 9 atom stereocenters. The predicted molar refractivity (Wildman–Crippen MR) is 124 cm³/mol. The van der Waals surface area contributed by atoms with Crippen LogP contribution in [0.2, 0.25) is 0 Å². The van der Waals surface area contributed by atoms with E-state index in [4.69, 9.17) is 9.47 Å². The van der Waals surface area contributed by atoms with E-state index in [-0.39, 0.29) is 41.2 Å². The Labute approximate surface area is 204 Å². The number of Topliss-reactive ketones (excluding diaryl/α,β-unsaturated/α-hetero) is 1. The number of nitriles is 1. The van der Waals surface area contributed by atoms with Crippen LogP contribution in [-0.2, 0) is 19.1 Å². The van der Waals surface area contributed by atoms with Crippen LogP contribution < -0.4 is 0 Å². The number of carbonyl (C=O) groups is 2. The monoisotopic (exact) mass is 474 g/mol. The number of carbonyl (C=O) groups excluding carboxylic acids is 2. The van der Waals surface area contributed by atoms with Gasteiger partial charge in [-0.2, -0.15) is 5.26 Å². The Morgan fingerprint density at radius 2 is 2.09 bits per heavy atom. The summed E-state index contributed by atoms with van der Waals surface area (Å²) >= 11 is 0. The van der Waals surface area contributed by atoms with Gasteiger partial charge in [0.15, 0.2) is 23.5 Å². The largest absolute Gasteiger partial charge is 0.393 e. The molecule has 0 spiro atoms. The number of ether oxygens (including phenoxy) is 2. The van der Waals surface area contributed by atoms with Gasteiger partial charge in [0.1, 0.15) is 0 Å². The second-order valence-electron chi connectivity index (χ2n) is 11.3. The molecule has 0 aromatic carbocycles. The van der Waals surface area contributed by atoms with Crippen molar-refractivity contribution in [2.45, 2.75) is 70.1 Å². The second kappa shape index (κ2) is 7.67. The average molecular weight is 475 g/mol. The van der Waals surface area contributed by atoms with Gasteiger partial charge in [-0.3, -0.25) is 14.6 Å². The summed E-state index contributed by atoms with van der Waals surface area (Å²) in [6, 6.07) is 5.65. The fraction of sp³-hybridized carbons (Fsp3) is 0.571. The molecule has 4 aliphatic carbocycles. The molecule has 3 saturated carbocycles. The van der Waals surface area contributed by atoms with Gasteiger partial charge >= 0.3 is 0 Å². The molecule has 7 nitrogen and oxygen atoms in total. The van der Waals surface area contributed by atoms with Crippen LogP contribution in [0.4, 0.5) is 0 Å². The third-order valence-corrected chi connectivity index (χ3v) is 9.87. The number of aliphatic hydroxyl groups excluding tert-OH is 1. The van der Waals surface area contributed by atoms with E-state index in [0.717, 1.165) is 24.0 Å². The standard InChI is InChI=1S/C28H30N2O5/c1-26-9-5-18(31)13-17(26)3-4-19-20-14-23-28(22(33)6-10-29,27(20,2)15-21(32)24(19)26)35-25(34-23)16-7-11-30-12-8-16/h5,7-9,11-13,19-21,23-25,32H,3-4,6,14-15H2,1-2H3/t19-,20-,21-,23+,24+,25?,26-,27-,28+/m0/s1.